The van der Waals surface area contributed by atoms with Crippen molar-refractivity contribution in [1.82, 2.24) is 4.57 Å². The van der Waals surface area contributed by atoms with Crippen molar-refractivity contribution in [3.8, 4) is 0 Å². The first-order chi connectivity index (χ1) is 9.72. The maximum atomic E-state index is 13.1. The summed E-state index contributed by atoms with van der Waals surface area (Å²) in [4.78, 5) is 0. The van der Waals surface area contributed by atoms with Gasteiger partial charge in [-0.1, -0.05) is 18.2 Å². The van der Waals surface area contributed by atoms with Gasteiger partial charge in [0, 0.05) is 30.5 Å². The molecule has 3 aromatic rings. The highest BCUT2D eigenvalue weighted by atomic mass is 19.1. The van der Waals surface area contributed by atoms with Crippen molar-refractivity contribution < 1.29 is 4.39 Å². The summed E-state index contributed by atoms with van der Waals surface area (Å²) in [5.74, 6) is -0.211. The lowest BCUT2D eigenvalue weighted by Crippen LogP contribution is -2.09. The monoisotopic (exact) mass is 268 g/mol. The van der Waals surface area contributed by atoms with Crippen molar-refractivity contribution >= 4 is 16.6 Å². The first-order valence-electron chi connectivity index (χ1n) is 6.77. The molecule has 0 fully saturated rings. The quantitative estimate of drug-likeness (QED) is 0.750. The average molecular weight is 268 g/mol. The van der Waals surface area contributed by atoms with Gasteiger partial charge in [-0.05, 0) is 48.2 Å². The van der Waals surface area contributed by atoms with Crippen LogP contribution in [0.15, 0.2) is 54.7 Å². The summed E-state index contributed by atoms with van der Waals surface area (Å²) in [6.45, 7) is 3.71. The molecule has 2 aromatic carbocycles. The molecule has 102 valence electrons. The maximum absolute atomic E-state index is 13.1. The molecule has 2 nitrogen and oxygen atoms in total. The van der Waals surface area contributed by atoms with Gasteiger partial charge >= 0.3 is 0 Å². The van der Waals surface area contributed by atoms with Crippen LogP contribution in [0.4, 0.5) is 10.1 Å². The summed E-state index contributed by atoms with van der Waals surface area (Å²) in [7, 11) is 0. The minimum Gasteiger partial charge on any atom is -0.383 e. The molecule has 20 heavy (non-hydrogen) atoms. The summed E-state index contributed by atoms with van der Waals surface area (Å²) < 4.78 is 15.3. The van der Waals surface area contributed by atoms with Gasteiger partial charge in [0.2, 0.25) is 0 Å². The van der Waals surface area contributed by atoms with E-state index in [1.54, 1.807) is 6.07 Å². The summed E-state index contributed by atoms with van der Waals surface area (Å²) in [5.41, 5.74) is 3.32. The highest BCUT2D eigenvalue weighted by molar-refractivity contribution is 5.80. The van der Waals surface area contributed by atoms with Crippen LogP contribution in [0.25, 0.3) is 10.9 Å². The smallest absolute Gasteiger partial charge is 0.125 e. The van der Waals surface area contributed by atoms with E-state index >= 15 is 0 Å². The third kappa shape index (κ3) is 2.67. The predicted octanol–water partition coefficient (Wildman–Crippen LogP) is 4.20. The first kappa shape index (κ1) is 12.7. The minimum absolute atomic E-state index is 0.211. The molecule has 0 radical (unpaired) electrons. The molecular weight excluding hydrogens is 251 g/mol. The van der Waals surface area contributed by atoms with E-state index < -0.39 is 0 Å². The molecule has 0 aliphatic heterocycles. The first-order valence-corrected chi connectivity index (χ1v) is 6.77. The SMILES string of the molecule is Cc1ccc2ccn(CCNc3cccc(F)c3)c2c1. The number of benzene rings is 2. The van der Waals surface area contributed by atoms with Crippen LogP contribution in [-0.4, -0.2) is 11.1 Å². The van der Waals surface area contributed by atoms with Gasteiger partial charge < -0.3 is 9.88 Å². The van der Waals surface area contributed by atoms with Crippen LogP contribution < -0.4 is 5.32 Å². The van der Waals surface area contributed by atoms with Crippen LogP contribution in [0, 0.1) is 12.7 Å². The van der Waals surface area contributed by atoms with E-state index in [1.165, 1.54) is 28.6 Å². The number of hydrogen-bond acceptors (Lipinski definition) is 1. The zero-order chi connectivity index (χ0) is 13.9. The molecule has 0 aliphatic carbocycles. The molecular formula is C17H17FN2. The summed E-state index contributed by atoms with van der Waals surface area (Å²) in [5, 5.41) is 4.49. The minimum atomic E-state index is -0.211. The Kier molecular flexibility index (Phi) is 3.42. The predicted molar refractivity (Wildman–Crippen MR) is 81.6 cm³/mol. The van der Waals surface area contributed by atoms with Gasteiger partial charge in [0.15, 0.2) is 0 Å². The lowest BCUT2D eigenvalue weighted by Gasteiger charge is -2.09. The number of fused-ring (bicyclic) bond motifs is 1. The Morgan fingerprint density at radius 3 is 2.85 bits per heavy atom. The lowest BCUT2D eigenvalue weighted by atomic mass is 10.2. The molecule has 0 aliphatic rings. The second-order valence-corrected chi connectivity index (χ2v) is 5.01. The molecule has 3 heteroatoms. The number of rotatable bonds is 4. The topological polar surface area (TPSA) is 17.0 Å². The number of halogens is 1. The van der Waals surface area contributed by atoms with Crippen LogP contribution in [0.3, 0.4) is 0 Å². The van der Waals surface area contributed by atoms with Crippen molar-refractivity contribution in [3.05, 3.63) is 66.1 Å². The second kappa shape index (κ2) is 5.37. The number of aryl methyl sites for hydroxylation is 1. The Balaban J connectivity index is 1.69. The van der Waals surface area contributed by atoms with E-state index in [9.17, 15) is 4.39 Å². The standard InChI is InChI=1S/C17H17FN2/c1-13-5-6-14-7-9-20(17(14)11-13)10-8-19-16-4-2-3-15(18)12-16/h2-7,9,11-12,19H,8,10H2,1H3. The molecule has 0 unspecified atom stereocenters. The fourth-order valence-electron chi connectivity index (χ4n) is 2.41. The number of aromatic nitrogens is 1. The molecule has 0 spiro atoms. The lowest BCUT2D eigenvalue weighted by molar-refractivity contribution is 0.628. The van der Waals surface area contributed by atoms with Crippen LogP contribution in [0.2, 0.25) is 0 Å². The maximum Gasteiger partial charge on any atom is 0.125 e. The summed E-state index contributed by atoms with van der Waals surface area (Å²) in [6, 6.07) is 15.1. The summed E-state index contributed by atoms with van der Waals surface area (Å²) >= 11 is 0. The highest BCUT2D eigenvalue weighted by Gasteiger charge is 2.01. The van der Waals surface area contributed by atoms with Crippen molar-refractivity contribution in [2.24, 2.45) is 0 Å². The van der Waals surface area contributed by atoms with Crippen LogP contribution in [0.1, 0.15) is 5.56 Å². The molecule has 0 bridgehead atoms. The zero-order valence-corrected chi connectivity index (χ0v) is 11.4. The van der Waals surface area contributed by atoms with Gasteiger partial charge in [0.05, 0.1) is 0 Å². The Labute approximate surface area is 117 Å². The zero-order valence-electron chi connectivity index (χ0n) is 11.4. The fraction of sp³-hybridized carbons (Fsp3) is 0.176. The van der Waals surface area contributed by atoms with E-state index in [-0.39, 0.29) is 5.82 Å². The Morgan fingerprint density at radius 1 is 1.10 bits per heavy atom. The summed E-state index contributed by atoms with van der Waals surface area (Å²) in [6.07, 6.45) is 2.09. The van der Waals surface area contributed by atoms with Crippen LogP contribution >= 0.6 is 0 Å². The van der Waals surface area contributed by atoms with Gasteiger partial charge in [-0.3, -0.25) is 0 Å². The normalized spacial score (nSPS) is 10.9. The molecule has 1 aromatic heterocycles. The third-order valence-corrected chi connectivity index (χ3v) is 3.44. The van der Waals surface area contributed by atoms with Gasteiger partial charge in [-0.2, -0.15) is 0 Å². The molecule has 1 N–H and O–H groups in total. The number of nitrogens with zero attached hydrogens (tertiary/aromatic N) is 1. The molecule has 3 rings (SSSR count). The molecule has 0 atom stereocenters. The van der Waals surface area contributed by atoms with Crippen molar-refractivity contribution in [1.29, 1.82) is 0 Å². The van der Waals surface area contributed by atoms with E-state index in [1.807, 2.05) is 6.07 Å². The van der Waals surface area contributed by atoms with Crippen molar-refractivity contribution in [3.63, 3.8) is 0 Å². The Bertz CT molecular complexity index is 731. The van der Waals surface area contributed by atoms with Gasteiger partial charge in [0.1, 0.15) is 5.82 Å². The number of anilines is 1. The van der Waals surface area contributed by atoms with E-state index in [0.717, 1.165) is 18.8 Å². The molecule has 0 saturated heterocycles. The molecule has 0 amide bonds. The molecule has 0 saturated carbocycles. The molecule has 1 heterocycles. The second-order valence-electron chi connectivity index (χ2n) is 5.01. The largest absolute Gasteiger partial charge is 0.383 e. The van der Waals surface area contributed by atoms with Crippen molar-refractivity contribution in [2.45, 2.75) is 13.5 Å². The fourth-order valence-corrected chi connectivity index (χ4v) is 2.41. The highest BCUT2D eigenvalue weighted by Crippen LogP contribution is 2.17. The number of hydrogen-bond donors (Lipinski definition) is 1. The van der Waals surface area contributed by atoms with E-state index in [4.69, 9.17) is 0 Å². The Hall–Kier alpha value is -2.29. The average Bonchev–Trinajstić information content (AvgIpc) is 2.82. The van der Waals surface area contributed by atoms with Gasteiger partial charge in [0.25, 0.3) is 0 Å². The van der Waals surface area contributed by atoms with Crippen LogP contribution in [0.5, 0.6) is 0 Å². The van der Waals surface area contributed by atoms with E-state index in [2.05, 4.69) is 47.3 Å². The number of nitrogens with one attached hydrogen (secondary N) is 1. The van der Waals surface area contributed by atoms with Crippen LogP contribution in [-0.2, 0) is 6.54 Å². The Morgan fingerprint density at radius 2 is 2.00 bits per heavy atom. The van der Waals surface area contributed by atoms with Gasteiger partial charge in [-0.15, -0.1) is 0 Å². The van der Waals surface area contributed by atoms with Crippen molar-refractivity contribution in [2.75, 3.05) is 11.9 Å². The third-order valence-electron chi connectivity index (χ3n) is 3.44. The van der Waals surface area contributed by atoms with E-state index in [0.29, 0.717) is 0 Å². The van der Waals surface area contributed by atoms with Gasteiger partial charge in [-0.25, -0.2) is 4.39 Å².